The number of nitrogens with zero attached hydrogens (tertiary/aromatic N) is 1. The molecule has 3 nitrogen and oxygen atoms in total. The number of furan rings is 1. The van der Waals surface area contributed by atoms with Gasteiger partial charge in [0.2, 0.25) is 0 Å². The number of nitrogens with one attached hydrogen (secondary N) is 1. The molecule has 2 rings (SSSR count). The van der Waals surface area contributed by atoms with Gasteiger partial charge >= 0.3 is 0 Å². The van der Waals surface area contributed by atoms with Gasteiger partial charge in [0.15, 0.2) is 0 Å². The molecular weight excluding hydrogens is 220 g/mol. The molecule has 1 aliphatic heterocycles. The summed E-state index contributed by atoms with van der Waals surface area (Å²) in [6, 6.07) is 4.72. The number of thioether (sulfide) groups is 1. The standard InChI is InChI=1S/C12H20N2OS/c1-14(11-4-8-16-10-11)6-5-13-9-12-3-2-7-15-12/h2-3,7,11,13H,4-6,8-10H2,1H3. The van der Waals surface area contributed by atoms with Gasteiger partial charge in [-0.2, -0.15) is 11.8 Å². The Bertz CT molecular complexity index is 283. The fourth-order valence-electron chi connectivity index (χ4n) is 1.93. The number of hydrogen-bond acceptors (Lipinski definition) is 4. The van der Waals surface area contributed by atoms with Crippen molar-refractivity contribution < 1.29 is 4.42 Å². The second-order valence-electron chi connectivity index (χ2n) is 4.25. The molecule has 0 saturated carbocycles. The molecule has 1 aromatic heterocycles. The molecule has 0 amide bonds. The SMILES string of the molecule is CN(CCNCc1ccco1)C1CCSC1. The molecule has 4 heteroatoms. The van der Waals surface area contributed by atoms with Crippen LogP contribution in [0.5, 0.6) is 0 Å². The molecule has 16 heavy (non-hydrogen) atoms. The summed E-state index contributed by atoms with van der Waals surface area (Å²) in [7, 11) is 2.23. The summed E-state index contributed by atoms with van der Waals surface area (Å²) in [5, 5.41) is 3.40. The van der Waals surface area contributed by atoms with Crippen LogP contribution in [0.4, 0.5) is 0 Å². The molecule has 1 aliphatic rings. The average molecular weight is 240 g/mol. The first-order valence-electron chi connectivity index (χ1n) is 5.87. The van der Waals surface area contributed by atoms with Crippen molar-refractivity contribution in [3.63, 3.8) is 0 Å². The Labute approximate surface area is 102 Å². The van der Waals surface area contributed by atoms with Gasteiger partial charge in [0.25, 0.3) is 0 Å². The number of likely N-dealkylation sites (N-methyl/N-ethyl adjacent to an activating group) is 1. The monoisotopic (exact) mass is 240 g/mol. The summed E-state index contributed by atoms with van der Waals surface area (Å²) in [4.78, 5) is 2.47. The lowest BCUT2D eigenvalue weighted by atomic mass is 10.2. The zero-order chi connectivity index (χ0) is 11.2. The highest BCUT2D eigenvalue weighted by molar-refractivity contribution is 7.99. The molecule has 1 atom stereocenters. The predicted molar refractivity (Wildman–Crippen MR) is 68.8 cm³/mol. The molecule has 0 bridgehead atoms. The van der Waals surface area contributed by atoms with Crippen molar-refractivity contribution in [3.8, 4) is 0 Å². The molecule has 90 valence electrons. The smallest absolute Gasteiger partial charge is 0.117 e. The summed E-state index contributed by atoms with van der Waals surface area (Å²) >= 11 is 2.07. The summed E-state index contributed by atoms with van der Waals surface area (Å²) < 4.78 is 5.26. The van der Waals surface area contributed by atoms with Crippen LogP contribution in [0.2, 0.25) is 0 Å². The minimum absolute atomic E-state index is 0.787. The van der Waals surface area contributed by atoms with Gasteiger partial charge in [0, 0.05) is 24.9 Å². The topological polar surface area (TPSA) is 28.4 Å². The Morgan fingerprint density at radius 1 is 1.62 bits per heavy atom. The van der Waals surface area contributed by atoms with Crippen molar-refractivity contribution in [1.29, 1.82) is 0 Å². The van der Waals surface area contributed by atoms with Crippen LogP contribution in [-0.4, -0.2) is 42.6 Å². The Kier molecular flexibility index (Phi) is 4.75. The van der Waals surface area contributed by atoms with Gasteiger partial charge in [-0.3, -0.25) is 0 Å². The van der Waals surface area contributed by atoms with Crippen molar-refractivity contribution in [2.45, 2.75) is 19.0 Å². The third kappa shape index (κ3) is 3.54. The van der Waals surface area contributed by atoms with E-state index in [1.807, 2.05) is 12.1 Å². The number of rotatable bonds is 6. The van der Waals surface area contributed by atoms with E-state index in [0.717, 1.165) is 31.4 Å². The van der Waals surface area contributed by atoms with Gasteiger partial charge < -0.3 is 14.6 Å². The summed E-state index contributed by atoms with van der Waals surface area (Å²) in [6.45, 7) is 2.98. The van der Waals surface area contributed by atoms with Gasteiger partial charge in [-0.1, -0.05) is 0 Å². The predicted octanol–water partition coefficient (Wildman–Crippen LogP) is 1.81. The fraction of sp³-hybridized carbons (Fsp3) is 0.667. The van der Waals surface area contributed by atoms with Crippen molar-refractivity contribution in [1.82, 2.24) is 10.2 Å². The fourth-order valence-corrected chi connectivity index (χ4v) is 3.23. The van der Waals surface area contributed by atoms with E-state index >= 15 is 0 Å². The minimum atomic E-state index is 0.787. The largest absolute Gasteiger partial charge is 0.468 e. The highest BCUT2D eigenvalue weighted by Gasteiger charge is 2.19. The van der Waals surface area contributed by atoms with Crippen LogP contribution in [0.25, 0.3) is 0 Å². The Morgan fingerprint density at radius 2 is 2.56 bits per heavy atom. The Hall–Kier alpha value is -0.450. The molecule has 0 aromatic carbocycles. The molecule has 0 aliphatic carbocycles. The Morgan fingerprint density at radius 3 is 3.25 bits per heavy atom. The van der Waals surface area contributed by atoms with Crippen LogP contribution < -0.4 is 5.32 Å². The van der Waals surface area contributed by atoms with E-state index in [-0.39, 0.29) is 0 Å². The molecule has 1 unspecified atom stereocenters. The second kappa shape index (κ2) is 6.33. The van der Waals surface area contributed by atoms with E-state index < -0.39 is 0 Å². The van der Waals surface area contributed by atoms with Gasteiger partial charge in [-0.15, -0.1) is 0 Å². The maximum absolute atomic E-state index is 5.26. The lowest BCUT2D eigenvalue weighted by molar-refractivity contribution is 0.261. The van der Waals surface area contributed by atoms with Crippen molar-refractivity contribution in [2.75, 3.05) is 31.6 Å². The normalized spacial score (nSPS) is 20.8. The highest BCUT2D eigenvalue weighted by Crippen LogP contribution is 2.20. The number of hydrogen-bond donors (Lipinski definition) is 1. The van der Waals surface area contributed by atoms with Gasteiger partial charge in [0.05, 0.1) is 12.8 Å². The van der Waals surface area contributed by atoms with Gasteiger partial charge in [-0.25, -0.2) is 0 Å². The first-order valence-corrected chi connectivity index (χ1v) is 7.03. The molecular formula is C12H20N2OS. The van der Waals surface area contributed by atoms with E-state index in [0.29, 0.717) is 0 Å². The lowest BCUT2D eigenvalue weighted by Crippen LogP contribution is -2.36. The average Bonchev–Trinajstić information content (AvgIpc) is 2.96. The van der Waals surface area contributed by atoms with Gasteiger partial charge in [0.1, 0.15) is 5.76 Å². The molecule has 1 aromatic rings. The molecule has 1 N–H and O–H groups in total. The Balaban J connectivity index is 1.57. The van der Waals surface area contributed by atoms with Crippen LogP contribution in [0.1, 0.15) is 12.2 Å². The first-order chi connectivity index (χ1) is 7.86. The lowest BCUT2D eigenvalue weighted by Gasteiger charge is -2.23. The van der Waals surface area contributed by atoms with Crippen LogP contribution in [-0.2, 0) is 6.54 Å². The van der Waals surface area contributed by atoms with E-state index in [9.17, 15) is 0 Å². The van der Waals surface area contributed by atoms with E-state index in [1.165, 1.54) is 17.9 Å². The molecule has 1 fully saturated rings. The minimum Gasteiger partial charge on any atom is -0.468 e. The van der Waals surface area contributed by atoms with Crippen LogP contribution in [0.3, 0.4) is 0 Å². The van der Waals surface area contributed by atoms with Crippen LogP contribution in [0.15, 0.2) is 22.8 Å². The van der Waals surface area contributed by atoms with E-state index in [1.54, 1.807) is 6.26 Å². The quantitative estimate of drug-likeness (QED) is 0.768. The summed E-state index contributed by atoms with van der Waals surface area (Å²) in [5.74, 6) is 3.64. The maximum atomic E-state index is 5.26. The summed E-state index contributed by atoms with van der Waals surface area (Å²) in [6.07, 6.45) is 3.07. The first kappa shape index (κ1) is 12.0. The third-order valence-electron chi connectivity index (χ3n) is 3.05. The maximum Gasteiger partial charge on any atom is 0.117 e. The highest BCUT2D eigenvalue weighted by atomic mass is 32.2. The second-order valence-corrected chi connectivity index (χ2v) is 5.40. The van der Waals surface area contributed by atoms with Crippen LogP contribution in [0, 0.1) is 0 Å². The summed E-state index contributed by atoms with van der Waals surface area (Å²) in [5.41, 5.74) is 0. The zero-order valence-corrected chi connectivity index (χ0v) is 10.6. The zero-order valence-electron chi connectivity index (χ0n) is 9.82. The molecule has 0 spiro atoms. The van der Waals surface area contributed by atoms with Crippen molar-refractivity contribution >= 4 is 11.8 Å². The van der Waals surface area contributed by atoms with Crippen molar-refractivity contribution in [2.24, 2.45) is 0 Å². The third-order valence-corrected chi connectivity index (χ3v) is 4.19. The van der Waals surface area contributed by atoms with Crippen molar-refractivity contribution in [3.05, 3.63) is 24.2 Å². The van der Waals surface area contributed by atoms with E-state index in [4.69, 9.17) is 4.42 Å². The van der Waals surface area contributed by atoms with Crippen LogP contribution >= 0.6 is 11.8 Å². The molecule has 2 heterocycles. The molecule has 0 radical (unpaired) electrons. The van der Waals surface area contributed by atoms with Gasteiger partial charge in [-0.05, 0) is 31.4 Å². The molecule has 1 saturated heterocycles. The van der Waals surface area contributed by atoms with E-state index in [2.05, 4.69) is 29.0 Å².